The summed E-state index contributed by atoms with van der Waals surface area (Å²) < 4.78 is 0. The highest BCUT2D eigenvalue weighted by atomic mass is 16.2. The van der Waals surface area contributed by atoms with Crippen molar-refractivity contribution in [2.24, 2.45) is 11.8 Å². The number of amides is 2. The van der Waals surface area contributed by atoms with Crippen LogP contribution in [0.3, 0.4) is 0 Å². The van der Waals surface area contributed by atoms with Gasteiger partial charge in [0.15, 0.2) is 0 Å². The number of rotatable bonds is 3. The summed E-state index contributed by atoms with van der Waals surface area (Å²) in [6.45, 7) is 6.13. The van der Waals surface area contributed by atoms with Crippen molar-refractivity contribution in [3.05, 3.63) is 71.8 Å². The van der Waals surface area contributed by atoms with Gasteiger partial charge in [-0.1, -0.05) is 74.5 Å². The van der Waals surface area contributed by atoms with Crippen LogP contribution in [0.5, 0.6) is 0 Å². The quantitative estimate of drug-likeness (QED) is 0.889. The lowest BCUT2D eigenvalue weighted by Gasteiger charge is -2.36. The topological polar surface area (TPSA) is 32.3 Å². The van der Waals surface area contributed by atoms with E-state index in [1.807, 2.05) is 41.3 Å². The van der Waals surface area contributed by atoms with Gasteiger partial charge >= 0.3 is 6.03 Å². The molecule has 24 heavy (non-hydrogen) atoms. The SMILES string of the molecule is CC1CC(C)CN(C(=O)NC(c2ccccc2)c2ccccc2)C1. The third-order valence-electron chi connectivity index (χ3n) is 4.69. The summed E-state index contributed by atoms with van der Waals surface area (Å²) in [6.07, 6.45) is 1.20. The number of carbonyl (C=O) groups excluding carboxylic acids is 1. The molecule has 0 saturated carbocycles. The molecule has 0 aromatic heterocycles. The lowest BCUT2D eigenvalue weighted by molar-refractivity contribution is 0.144. The first-order valence-electron chi connectivity index (χ1n) is 8.79. The van der Waals surface area contributed by atoms with Gasteiger partial charge in [-0.25, -0.2) is 4.79 Å². The Labute approximate surface area is 144 Å². The van der Waals surface area contributed by atoms with E-state index in [1.54, 1.807) is 0 Å². The van der Waals surface area contributed by atoms with Gasteiger partial charge in [-0.2, -0.15) is 0 Å². The normalized spacial score (nSPS) is 20.9. The minimum atomic E-state index is -0.118. The molecule has 3 heteroatoms. The van der Waals surface area contributed by atoms with Gasteiger partial charge in [0.05, 0.1) is 6.04 Å². The molecule has 0 bridgehead atoms. The lowest BCUT2D eigenvalue weighted by Crippen LogP contribution is -2.48. The molecular weight excluding hydrogens is 296 g/mol. The van der Waals surface area contributed by atoms with E-state index >= 15 is 0 Å². The molecule has 2 unspecified atom stereocenters. The third kappa shape index (κ3) is 3.97. The number of nitrogens with zero attached hydrogens (tertiary/aromatic N) is 1. The summed E-state index contributed by atoms with van der Waals surface area (Å²) >= 11 is 0. The van der Waals surface area contributed by atoms with Crippen LogP contribution in [0.1, 0.15) is 37.4 Å². The minimum Gasteiger partial charge on any atom is -0.327 e. The number of piperidine rings is 1. The molecule has 0 radical (unpaired) electrons. The molecular formula is C21H26N2O. The van der Waals surface area contributed by atoms with Crippen molar-refractivity contribution in [1.82, 2.24) is 10.2 Å². The predicted octanol–water partition coefficient (Wildman–Crippen LogP) is 4.46. The van der Waals surface area contributed by atoms with Crippen LogP contribution >= 0.6 is 0 Å². The standard InChI is InChI=1S/C21H26N2O/c1-16-13-17(2)15-23(14-16)21(24)22-20(18-9-5-3-6-10-18)19-11-7-4-8-12-19/h3-12,16-17,20H,13-15H2,1-2H3,(H,22,24). The van der Waals surface area contributed by atoms with Gasteiger partial charge in [-0.05, 0) is 29.4 Å². The van der Waals surface area contributed by atoms with Crippen molar-refractivity contribution < 1.29 is 4.79 Å². The van der Waals surface area contributed by atoms with Crippen molar-refractivity contribution in [3.8, 4) is 0 Å². The molecule has 2 amide bonds. The molecule has 3 rings (SSSR count). The van der Waals surface area contributed by atoms with Crippen LogP contribution < -0.4 is 5.32 Å². The Hall–Kier alpha value is -2.29. The van der Waals surface area contributed by atoms with E-state index in [-0.39, 0.29) is 12.1 Å². The van der Waals surface area contributed by atoms with Crippen LogP contribution in [0.4, 0.5) is 4.79 Å². The Bertz CT molecular complexity index is 607. The monoisotopic (exact) mass is 322 g/mol. The summed E-state index contributed by atoms with van der Waals surface area (Å²) in [6, 6.07) is 20.3. The zero-order chi connectivity index (χ0) is 16.9. The van der Waals surface area contributed by atoms with Crippen LogP contribution in [0, 0.1) is 11.8 Å². The van der Waals surface area contributed by atoms with Gasteiger partial charge in [0.25, 0.3) is 0 Å². The van der Waals surface area contributed by atoms with Crippen molar-refractivity contribution in [2.45, 2.75) is 26.3 Å². The Morgan fingerprint density at radius 3 is 1.83 bits per heavy atom. The zero-order valence-corrected chi connectivity index (χ0v) is 14.5. The number of likely N-dealkylation sites (tertiary alicyclic amines) is 1. The molecule has 1 saturated heterocycles. The fraction of sp³-hybridized carbons (Fsp3) is 0.381. The number of hydrogen-bond donors (Lipinski definition) is 1. The molecule has 1 aliphatic rings. The van der Waals surface area contributed by atoms with Crippen molar-refractivity contribution in [3.63, 3.8) is 0 Å². The van der Waals surface area contributed by atoms with E-state index < -0.39 is 0 Å². The molecule has 1 heterocycles. The fourth-order valence-corrected chi connectivity index (χ4v) is 3.69. The Morgan fingerprint density at radius 2 is 1.38 bits per heavy atom. The number of benzene rings is 2. The van der Waals surface area contributed by atoms with Crippen LogP contribution in [0.25, 0.3) is 0 Å². The van der Waals surface area contributed by atoms with E-state index in [4.69, 9.17) is 0 Å². The Morgan fingerprint density at radius 1 is 0.917 bits per heavy atom. The molecule has 1 aliphatic heterocycles. The van der Waals surface area contributed by atoms with Crippen molar-refractivity contribution in [2.75, 3.05) is 13.1 Å². The van der Waals surface area contributed by atoms with Gasteiger partial charge in [0.1, 0.15) is 0 Å². The molecule has 3 nitrogen and oxygen atoms in total. The highest BCUT2D eigenvalue weighted by molar-refractivity contribution is 5.75. The van der Waals surface area contributed by atoms with Gasteiger partial charge in [0, 0.05) is 13.1 Å². The summed E-state index contributed by atoms with van der Waals surface area (Å²) in [4.78, 5) is 14.8. The van der Waals surface area contributed by atoms with Gasteiger partial charge in [-0.3, -0.25) is 0 Å². The first kappa shape index (κ1) is 16.6. The molecule has 0 spiro atoms. The van der Waals surface area contributed by atoms with Gasteiger partial charge in [-0.15, -0.1) is 0 Å². The Kier molecular flexibility index (Phi) is 5.19. The first-order valence-corrected chi connectivity index (χ1v) is 8.79. The second-order valence-corrected chi connectivity index (χ2v) is 7.05. The first-order chi connectivity index (χ1) is 11.6. The van der Waals surface area contributed by atoms with Crippen molar-refractivity contribution in [1.29, 1.82) is 0 Å². The number of nitrogens with one attached hydrogen (secondary N) is 1. The van der Waals surface area contributed by atoms with E-state index in [2.05, 4.69) is 43.4 Å². The maximum absolute atomic E-state index is 12.9. The smallest absolute Gasteiger partial charge is 0.318 e. The molecule has 126 valence electrons. The van der Waals surface area contributed by atoms with Crippen LogP contribution in [-0.2, 0) is 0 Å². The minimum absolute atomic E-state index is 0.0334. The largest absolute Gasteiger partial charge is 0.327 e. The molecule has 1 fully saturated rings. The zero-order valence-electron chi connectivity index (χ0n) is 14.5. The average molecular weight is 322 g/mol. The van der Waals surface area contributed by atoms with Crippen LogP contribution in [0.2, 0.25) is 0 Å². The van der Waals surface area contributed by atoms with E-state index in [9.17, 15) is 4.79 Å². The van der Waals surface area contributed by atoms with Crippen LogP contribution in [0.15, 0.2) is 60.7 Å². The summed E-state index contributed by atoms with van der Waals surface area (Å²) in [5, 5.41) is 3.25. The van der Waals surface area contributed by atoms with Crippen LogP contribution in [-0.4, -0.2) is 24.0 Å². The summed E-state index contributed by atoms with van der Waals surface area (Å²) in [5.74, 6) is 1.12. The average Bonchev–Trinajstić information content (AvgIpc) is 2.60. The number of urea groups is 1. The third-order valence-corrected chi connectivity index (χ3v) is 4.69. The molecule has 2 aromatic rings. The highest BCUT2D eigenvalue weighted by Gasteiger charge is 2.27. The number of hydrogen-bond acceptors (Lipinski definition) is 1. The second kappa shape index (κ2) is 7.52. The van der Waals surface area contributed by atoms with E-state index in [0.29, 0.717) is 11.8 Å². The van der Waals surface area contributed by atoms with E-state index in [1.165, 1.54) is 6.42 Å². The molecule has 2 aromatic carbocycles. The maximum Gasteiger partial charge on any atom is 0.318 e. The molecule has 2 atom stereocenters. The number of carbonyl (C=O) groups is 1. The maximum atomic E-state index is 12.9. The second-order valence-electron chi connectivity index (χ2n) is 7.05. The van der Waals surface area contributed by atoms with Gasteiger partial charge in [0.2, 0.25) is 0 Å². The predicted molar refractivity (Wildman–Crippen MR) is 97.8 cm³/mol. The van der Waals surface area contributed by atoms with Gasteiger partial charge < -0.3 is 10.2 Å². The fourth-order valence-electron chi connectivity index (χ4n) is 3.69. The summed E-state index contributed by atoms with van der Waals surface area (Å²) in [5.41, 5.74) is 2.21. The molecule has 1 N–H and O–H groups in total. The van der Waals surface area contributed by atoms with Crippen molar-refractivity contribution >= 4 is 6.03 Å². The Balaban J connectivity index is 1.81. The highest BCUT2D eigenvalue weighted by Crippen LogP contribution is 2.24. The van der Waals surface area contributed by atoms with E-state index in [0.717, 1.165) is 24.2 Å². The summed E-state index contributed by atoms with van der Waals surface area (Å²) in [7, 11) is 0. The molecule has 0 aliphatic carbocycles. The lowest BCUT2D eigenvalue weighted by atomic mass is 9.92.